The molecule has 0 unspecified atom stereocenters. The van der Waals surface area contributed by atoms with Crippen LogP contribution in [0, 0.1) is 21.4 Å². The van der Waals surface area contributed by atoms with Gasteiger partial charge in [-0.05, 0) is 112 Å². The number of fused-ring (bicyclic) bond motifs is 3. The Morgan fingerprint density at radius 3 is 2.50 bits per heavy atom. The van der Waals surface area contributed by atoms with Gasteiger partial charge in [0.15, 0.2) is 0 Å². The molecule has 19 heteroatoms. The minimum atomic E-state index is -4.63. The maximum atomic E-state index is 14.6. The van der Waals surface area contributed by atoms with Crippen molar-refractivity contribution in [3.63, 3.8) is 0 Å². The van der Waals surface area contributed by atoms with E-state index in [0.29, 0.717) is 100 Å². The molecule has 4 fully saturated rings. The number of benzene rings is 2. The number of anilines is 4. The van der Waals surface area contributed by atoms with Crippen LogP contribution in [0.2, 0.25) is 25.7 Å². The SMILES string of the molecule is C[Si](C)(C)CCOCn1ccc2cc3c(nc21)O[C@H]1COCC[C@@H]1N3c1cc(N2CCC3(CC2)CC(=O)C3)ccc1C(=O)NS(=O)(=O)c1ccc(NC[C@H]2CC[C@](C)(O)CC2)c([N+](=O)[O-])c1. The van der Waals surface area contributed by atoms with Crippen molar-refractivity contribution >= 4 is 69.3 Å². The lowest BCUT2D eigenvalue weighted by molar-refractivity contribution is -0.384. The monoisotopic (exact) mass is 943 g/mol. The Morgan fingerprint density at radius 1 is 1.03 bits per heavy atom. The molecule has 5 heterocycles. The van der Waals surface area contributed by atoms with E-state index in [1.165, 1.54) is 12.1 Å². The van der Waals surface area contributed by atoms with Crippen LogP contribution in [0.3, 0.4) is 0 Å². The summed E-state index contributed by atoms with van der Waals surface area (Å²) >= 11 is 0. The molecule has 2 aliphatic carbocycles. The van der Waals surface area contributed by atoms with Crippen LogP contribution < -0.4 is 24.6 Å². The third kappa shape index (κ3) is 9.68. The van der Waals surface area contributed by atoms with Gasteiger partial charge in [0.25, 0.3) is 21.6 Å². The number of amides is 1. The van der Waals surface area contributed by atoms with Crippen LogP contribution in [0.5, 0.6) is 5.88 Å². The Balaban J connectivity index is 1.04. The molecule has 354 valence electrons. The van der Waals surface area contributed by atoms with Gasteiger partial charge in [0.1, 0.15) is 35.6 Å². The molecular weight excluding hydrogens is 883 g/mol. The number of hydrogen-bond donors (Lipinski definition) is 3. The molecule has 17 nitrogen and oxygen atoms in total. The molecule has 2 saturated carbocycles. The zero-order chi connectivity index (χ0) is 46.6. The number of nitrogens with zero attached hydrogens (tertiary/aromatic N) is 5. The predicted octanol–water partition coefficient (Wildman–Crippen LogP) is 7.37. The van der Waals surface area contributed by atoms with Crippen molar-refractivity contribution in [2.24, 2.45) is 11.3 Å². The summed E-state index contributed by atoms with van der Waals surface area (Å²) in [5, 5.41) is 26.6. The number of ketones is 1. The first-order chi connectivity index (χ1) is 31.4. The number of pyridine rings is 1. The predicted molar refractivity (Wildman–Crippen MR) is 253 cm³/mol. The van der Waals surface area contributed by atoms with E-state index in [-0.39, 0.29) is 35.2 Å². The maximum Gasteiger partial charge on any atom is 0.293 e. The molecule has 0 bridgehead atoms. The van der Waals surface area contributed by atoms with E-state index >= 15 is 0 Å². The average molecular weight is 944 g/mol. The highest BCUT2D eigenvalue weighted by Crippen LogP contribution is 2.49. The van der Waals surface area contributed by atoms with E-state index in [9.17, 15) is 33.2 Å². The van der Waals surface area contributed by atoms with Crippen LogP contribution in [-0.4, -0.2) is 105 Å². The van der Waals surface area contributed by atoms with E-state index in [1.54, 1.807) is 6.07 Å². The number of aliphatic hydroxyl groups is 1. The molecule has 66 heavy (non-hydrogen) atoms. The third-order valence-electron chi connectivity index (χ3n) is 14.3. The number of carbonyl (C=O) groups excluding carboxylic acids is 2. The van der Waals surface area contributed by atoms with Gasteiger partial charge in [-0.3, -0.25) is 19.7 Å². The highest BCUT2D eigenvalue weighted by Gasteiger charge is 2.46. The fourth-order valence-corrected chi connectivity index (χ4v) is 11.9. The third-order valence-corrected chi connectivity index (χ3v) is 17.4. The second-order valence-corrected chi connectivity index (χ2v) is 27.9. The summed E-state index contributed by atoms with van der Waals surface area (Å²) in [5.74, 6) is -0.0803. The average Bonchev–Trinajstić information content (AvgIpc) is 3.66. The van der Waals surface area contributed by atoms with Crippen LogP contribution in [-0.2, 0) is 31.0 Å². The Kier molecular flexibility index (Phi) is 12.5. The first-order valence-electron chi connectivity index (χ1n) is 23.2. The first-order valence-corrected chi connectivity index (χ1v) is 28.4. The number of nitrogens with one attached hydrogen (secondary N) is 2. The number of hydrogen-bond acceptors (Lipinski definition) is 14. The number of Topliss-reactive ketones (excluding diaryl/α,β-unsaturated/α-hetero) is 1. The molecule has 4 aromatic rings. The van der Waals surface area contributed by atoms with Crippen molar-refractivity contribution in [3.8, 4) is 5.88 Å². The van der Waals surface area contributed by atoms with E-state index in [2.05, 4.69) is 34.6 Å². The number of ether oxygens (including phenoxy) is 3. The normalized spacial score (nSPS) is 24.0. The molecule has 1 spiro atoms. The van der Waals surface area contributed by atoms with Crippen LogP contribution >= 0.6 is 0 Å². The van der Waals surface area contributed by atoms with Crippen LogP contribution in [0.4, 0.5) is 28.4 Å². The lowest BCUT2D eigenvalue weighted by atomic mass is 9.62. The van der Waals surface area contributed by atoms with E-state index in [0.717, 1.165) is 48.9 Å². The quantitative estimate of drug-likeness (QED) is 0.0489. The van der Waals surface area contributed by atoms with Gasteiger partial charge in [0, 0.05) is 77.1 Å². The van der Waals surface area contributed by atoms with Crippen LogP contribution in [0.25, 0.3) is 11.0 Å². The van der Waals surface area contributed by atoms with Crippen molar-refractivity contribution in [1.82, 2.24) is 14.3 Å². The van der Waals surface area contributed by atoms with Crippen molar-refractivity contribution in [2.45, 2.75) is 120 Å². The van der Waals surface area contributed by atoms with Crippen LogP contribution in [0.15, 0.2) is 59.6 Å². The van der Waals surface area contributed by atoms with Gasteiger partial charge in [-0.1, -0.05) is 19.6 Å². The van der Waals surface area contributed by atoms with Crippen molar-refractivity contribution in [1.29, 1.82) is 0 Å². The van der Waals surface area contributed by atoms with Gasteiger partial charge >= 0.3 is 0 Å². The lowest BCUT2D eigenvalue weighted by Gasteiger charge is -2.48. The molecule has 9 rings (SSSR count). The molecule has 1 amide bonds. The van der Waals surface area contributed by atoms with E-state index in [4.69, 9.17) is 19.2 Å². The summed E-state index contributed by atoms with van der Waals surface area (Å²) in [6.07, 6.45) is 7.71. The summed E-state index contributed by atoms with van der Waals surface area (Å²) in [6, 6.07) is 13.6. The lowest BCUT2D eigenvalue weighted by Crippen LogP contribution is -2.53. The molecule has 3 N–H and O–H groups in total. The Labute approximate surface area is 386 Å². The molecule has 3 aliphatic heterocycles. The standard InChI is InChI=1S/C47H61N7O10SSi/c1-46(57)13-9-31(10-14-46)28-48-37-8-6-35(25-40(37)54(58)59)65(60,61)50-44(56)36-7-5-33(51-18-15-47(16-19-51)26-34(55)27-47)24-39(36)53-38-12-20-62-29-42(38)64-45-41(53)23-32-11-17-52(43(32)49-45)30-63-21-22-66(2,3)4/h5-8,11,17,23-25,31,38,42,48,57H,9-10,12-16,18-22,26-30H2,1-4H3,(H,50,56)/t31-,38-,42-,46-/m0/s1. The minimum absolute atomic E-state index is 0.0394. The minimum Gasteiger partial charge on any atom is -0.468 e. The topological polar surface area (TPSA) is 208 Å². The maximum absolute atomic E-state index is 14.6. The number of carbonyl (C=O) groups is 2. The fraction of sp³-hybridized carbons (Fsp3) is 0.553. The van der Waals surface area contributed by atoms with Gasteiger partial charge < -0.3 is 39.0 Å². The van der Waals surface area contributed by atoms with Gasteiger partial charge in [0.2, 0.25) is 5.88 Å². The molecule has 5 aliphatic rings. The summed E-state index contributed by atoms with van der Waals surface area (Å²) in [7, 11) is -5.93. The van der Waals surface area contributed by atoms with Crippen molar-refractivity contribution < 1.29 is 42.2 Å². The first kappa shape index (κ1) is 46.0. The van der Waals surface area contributed by atoms with Crippen molar-refractivity contribution in [2.75, 3.05) is 54.6 Å². The van der Waals surface area contributed by atoms with Crippen LogP contribution in [0.1, 0.15) is 75.1 Å². The van der Waals surface area contributed by atoms with Gasteiger partial charge in [0.05, 0.1) is 39.3 Å². The Bertz CT molecular complexity index is 2620. The number of nitro groups is 1. The molecule has 2 atom stereocenters. The Morgan fingerprint density at radius 2 is 1.79 bits per heavy atom. The number of nitro benzene ring substituents is 1. The highest BCUT2D eigenvalue weighted by atomic mass is 32.2. The van der Waals surface area contributed by atoms with Gasteiger partial charge in [-0.15, -0.1) is 0 Å². The van der Waals surface area contributed by atoms with E-state index < -0.39 is 51.2 Å². The number of sulfonamides is 1. The summed E-state index contributed by atoms with van der Waals surface area (Å²) in [6.45, 7) is 12.3. The van der Waals surface area contributed by atoms with Gasteiger partial charge in [-0.2, -0.15) is 4.98 Å². The largest absolute Gasteiger partial charge is 0.468 e. The zero-order valence-corrected chi connectivity index (χ0v) is 40.0. The summed E-state index contributed by atoms with van der Waals surface area (Å²) in [5.41, 5.74) is 1.70. The number of rotatable bonds is 14. The zero-order valence-electron chi connectivity index (χ0n) is 38.2. The number of piperidine rings is 1. The molecule has 0 radical (unpaired) electrons. The number of aromatic nitrogens is 2. The fourth-order valence-electron chi connectivity index (χ4n) is 10.2. The van der Waals surface area contributed by atoms with Gasteiger partial charge in [-0.25, -0.2) is 13.1 Å². The summed E-state index contributed by atoms with van der Waals surface area (Å²) < 4.78 is 51.0. The molecule has 2 aromatic heterocycles. The smallest absolute Gasteiger partial charge is 0.293 e. The van der Waals surface area contributed by atoms with E-state index in [1.807, 2.05) is 46.9 Å². The Hall–Kier alpha value is -5.08. The molecular formula is C47H61N7O10SSi. The molecule has 2 saturated heterocycles. The molecule has 2 aromatic carbocycles. The highest BCUT2D eigenvalue weighted by molar-refractivity contribution is 7.90. The van der Waals surface area contributed by atoms with Crippen molar-refractivity contribution in [3.05, 3.63) is 70.4 Å². The summed E-state index contributed by atoms with van der Waals surface area (Å²) in [4.78, 5) is 47.2. The second kappa shape index (κ2) is 17.9. The second-order valence-electron chi connectivity index (χ2n) is 20.6.